The van der Waals surface area contributed by atoms with Crippen LogP contribution in [0.25, 0.3) is 22.8 Å². The van der Waals surface area contributed by atoms with E-state index in [-0.39, 0.29) is 18.2 Å². The summed E-state index contributed by atoms with van der Waals surface area (Å²) in [5.74, 6) is 0.643. The molecule has 2 heterocycles. The fraction of sp³-hybridized carbons (Fsp3) is 0.200. The lowest BCUT2D eigenvalue weighted by molar-refractivity contribution is -0.274. The smallest absolute Gasteiger partial charge is 0.406 e. The van der Waals surface area contributed by atoms with Gasteiger partial charge in [0.15, 0.2) is 0 Å². The van der Waals surface area contributed by atoms with Gasteiger partial charge in [0.05, 0.1) is 6.54 Å². The van der Waals surface area contributed by atoms with Gasteiger partial charge < -0.3 is 25.2 Å². The number of aromatic nitrogens is 3. The average Bonchev–Trinajstić information content (AvgIpc) is 3.57. The van der Waals surface area contributed by atoms with E-state index in [0.717, 1.165) is 12.8 Å². The van der Waals surface area contributed by atoms with Crippen LogP contribution in [0.4, 0.5) is 30.4 Å². The van der Waals surface area contributed by atoms with Crippen LogP contribution in [0.15, 0.2) is 71.4 Å². The molecule has 1 aliphatic carbocycles. The molecule has 2 aromatic heterocycles. The largest absolute Gasteiger partial charge is 0.573 e. The zero-order valence-corrected chi connectivity index (χ0v) is 19.2. The van der Waals surface area contributed by atoms with Crippen LogP contribution in [0.5, 0.6) is 5.75 Å². The Morgan fingerprint density at radius 3 is 2.43 bits per heavy atom. The number of alkyl halides is 3. The monoisotopic (exact) mass is 510 g/mol. The maximum atomic E-state index is 12.3. The molecule has 0 spiro atoms. The second kappa shape index (κ2) is 10.3. The van der Waals surface area contributed by atoms with Crippen LogP contribution in [-0.4, -0.2) is 40.0 Å². The molecule has 0 bridgehead atoms. The number of amides is 1. The van der Waals surface area contributed by atoms with Gasteiger partial charge in [0.2, 0.25) is 11.7 Å². The fourth-order valence-electron chi connectivity index (χ4n) is 3.41. The molecular weight excluding hydrogens is 489 g/mol. The molecular formula is C25H21F3N6O3. The first-order chi connectivity index (χ1) is 17.8. The quantitative estimate of drug-likeness (QED) is 0.284. The molecule has 190 valence electrons. The Hall–Kier alpha value is -4.45. The molecule has 37 heavy (non-hydrogen) atoms. The van der Waals surface area contributed by atoms with Gasteiger partial charge in [-0.3, -0.25) is 4.79 Å². The maximum Gasteiger partial charge on any atom is 0.573 e. The fourth-order valence-corrected chi connectivity index (χ4v) is 3.41. The van der Waals surface area contributed by atoms with E-state index in [4.69, 9.17) is 4.52 Å². The number of carbonyl (C=O) groups is 1. The number of halogens is 3. The van der Waals surface area contributed by atoms with Crippen molar-refractivity contribution in [1.29, 1.82) is 0 Å². The summed E-state index contributed by atoms with van der Waals surface area (Å²) >= 11 is 0. The Morgan fingerprint density at radius 1 is 1.00 bits per heavy atom. The second-order valence-electron chi connectivity index (χ2n) is 8.33. The summed E-state index contributed by atoms with van der Waals surface area (Å²) in [6.45, 7) is 0.278. The molecule has 3 N–H and O–H groups in total. The number of hydrogen-bond donors (Lipinski definition) is 3. The molecule has 1 aliphatic rings. The van der Waals surface area contributed by atoms with Crippen molar-refractivity contribution in [3.05, 3.63) is 66.9 Å². The second-order valence-corrected chi connectivity index (χ2v) is 8.33. The van der Waals surface area contributed by atoms with Gasteiger partial charge in [-0.25, -0.2) is 4.98 Å². The molecule has 0 saturated heterocycles. The van der Waals surface area contributed by atoms with Crippen LogP contribution in [0.1, 0.15) is 12.8 Å². The number of nitrogens with one attached hydrogen (secondary N) is 3. The summed E-state index contributed by atoms with van der Waals surface area (Å²) in [5, 5.41) is 13.0. The average molecular weight is 510 g/mol. The number of pyridine rings is 1. The van der Waals surface area contributed by atoms with E-state index in [2.05, 4.69) is 35.8 Å². The molecule has 0 radical (unpaired) electrons. The number of ether oxygens (including phenoxy) is 1. The summed E-state index contributed by atoms with van der Waals surface area (Å²) in [5.41, 5.74) is 2.48. The van der Waals surface area contributed by atoms with Crippen molar-refractivity contribution in [2.24, 2.45) is 0 Å². The van der Waals surface area contributed by atoms with Crippen molar-refractivity contribution in [1.82, 2.24) is 20.4 Å². The molecule has 5 rings (SSSR count). The Kier molecular flexibility index (Phi) is 6.73. The van der Waals surface area contributed by atoms with Gasteiger partial charge in [-0.05, 0) is 73.5 Å². The van der Waals surface area contributed by atoms with Crippen LogP contribution in [0.2, 0.25) is 0 Å². The Balaban J connectivity index is 1.22. The summed E-state index contributed by atoms with van der Waals surface area (Å²) < 4.78 is 46.3. The lowest BCUT2D eigenvalue weighted by Crippen LogP contribution is -2.29. The van der Waals surface area contributed by atoms with E-state index in [1.165, 1.54) is 24.3 Å². The first kappa shape index (κ1) is 24.3. The molecule has 1 fully saturated rings. The zero-order chi connectivity index (χ0) is 25.8. The van der Waals surface area contributed by atoms with Crippen molar-refractivity contribution in [2.75, 3.05) is 17.2 Å². The molecule has 9 nitrogen and oxygen atoms in total. The van der Waals surface area contributed by atoms with E-state index >= 15 is 0 Å². The zero-order valence-electron chi connectivity index (χ0n) is 19.2. The maximum absolute atomic E-state index is 12.3. The third-order valence-corrected chi connectivity index (χ3v) is 5.35. The first-order valence-corrected chi connectivity index (χ1v) is 11.4. The lowest BCUT2D eigenvalue weighted by Gasteiger charge is -2.10. The Bertz CT molecular complexity index is 1370. The number of benzene rings is 2. The number of carbonyl (C=O) groups excluding carboxylic acids is 1. The van der Waals surface area contributed by atoms with E-state index < -0.39 is 6.36 Å². The standard InChI is InChI=1S/C25H21F3N6O3/c26-25(27,28)36-20-9-7-18(8-10-20)31-21-13-16(11-12-29-21)23-33-24(37-34-23)15-1-3-19(4-2-15)32-22(35)14-30-17-5-6-17/h1-4,7-13,17,30H,5-6,14H2,(H,29,31)(H,32,35). The number of nitrogens with zero attached hydrogens (tertiary/aromatic N) is 3. The van der Waals surface area contributed by atoms with Gasteiger partial charge in [-0.15, -0.1) is 13.2 Å². The van der Waals surface area contributed by atoms with E-state index in [1.807, 2.05) is 0 Å². The van der Waals surface area contributed by atoms with Crippen LogP contribution in [-0.2, 0) is 4.79 Å². The molecule has 12 heteroatoms. The van der Waals surface area contributed by atoms with Crippen LogP contribution < -0.4 is 20.7 Å². The Morgan fingerprint density at radius 2 is 1.73 bits per heavy atom. The van der Waals surface area contributed by atoms with Crippen molar-refractivity contribution in [2.45, 2.75) is 25.2 Å². The highest BCUT2D eigenvalue weighted by atomic mass is 19.4. The molecule has 0 atom stereocenters. The third-order valence-electron chi connectivity index (χ3n) is 5.35. The molecule has 1 amide bonds. The molecule has 2 aromatic carbocycles. The number of hydrogen-bond acceptors (Lipinski definition) is 8. The minimum absolute atomic E-state index is 0.104. The number of anilines is 3. The highest BCUT2D eigenvalue weighted by Crippen LogP contribution is 2.27. The predicted molar refractivity (Wildman–Crippen MR) is 129 cm³/mol. The summed E-state index contributed by atoms with van der Waals surface area (Å²) in [6.07, 6.45) is -0.976. The lowest BCUT2D eigenvalue weighted by atomic mass is 10.2. The highest BCUT2D eigenvalue weighted by molar-refractivity contribution is 5.92. The molecule has 4 aromatic rings. The molecule has 1 saturated carbocycles. The van der Waals surface area contributed by atoms with Crippen molar-refractivity contribution in [3.8, 4) is 28.6 Å². The van der Waals surface area contributed by atoms with E-state index in [0.29, 0.717) is 46.1 Å². The van der Waals surface area contributed by atoms with Gasteiger partial charge in [0.1, 0.15) is 11.6 Å². The van der Waals surface area contributed by atoms with Gasteiger partial charge in [-0.1, -0.05) is 5.16 Å². The predicted octanol–water partition coefficient (Wildman–Crippen LogP) is 5.13. The van der Waals surface area contributed by atoms with Crippen LogP contribution >= 0.6 is 0 Å². The minimum atomic E-state index is -4.75. The van der Waals surface area contributed by atoms with Gasteiger partial charge in [0, 0.05) is 34.7 Å². The number of rotatable bonds is 9. The summed E-state index contributed by atoms with van der Waals surface area (Å²) in [7, 11) is 0. The van der Waals surface area contributed by atoms with E-state index in [1.54, 1.807) is 42.6 Å². The third kappa shape index (κ3) is 6.82. The molecule has 0 unspecified atom stereocenters. The molecule has 0 aliphatic heterocycles. The van der Waals surface area contributed by atoms with Crippen molar-refractivity contribution >= 4 is 23.1 Å². The van der Waals surface area contributed by atoms with Crippen LogP contribution in [0, 0.1) is 0 Å². The Labute approximate surface area is 209 Å². The van der Waals surface area contributed by atoms with Crippen LogP contribution in [0.3, 0.4) is 0 Å². The van der Waals surface area contributed by atoms with Crippen molar-refractivity contribution < 1.29 is 27.2 Å². The van der Waals surface area contributed by atoms with Gasteiger partial charge in [0.25, 0.3) is 5.89 Å². The normalized spacial score (nSPS) is 13.3. The SMILES string of the molecule is O=C(CNC1CC1)Nc1ccc(-c2nc(-c3ccnc(Nc4ccc(OC(F)(F)F)cc4)c3)no2)cc1. The van der Waals surface area contributed by atoms with Gasteiger partial charge in [-0.2, -0.15) is 4.98 Å². The van der Waals surface area contributed by atoms with E-state index in [9.17, 15) is 18.0 Å². The highest BCUT2D eigenvalue weighted by Gasteiger charge is 2.31. The summed E-state index contributed by atoms with van der Waals surface area (Å²) in [4.78, 5) is 20.7. The van der Waals surface area contributed by atoms with Gasteiger partial charge >= 0.3 is 6.36 Å². The summed E-state index contributed by atoms with van der Waals surface area (Å²) in [6, 6.07) is 16.2. The topological polar surface area (TPSA) is 114 Å². The minimum Gasteiger partial charge on any atom is -0.406 e. The van der Waals surface area contributed by atoms with Crippen molar-refractivity contribution in [3.63, 3.8) is 0 Å². The first-order valence-electron chi connectivity index (χ1n) is 11.4.